The van der Waals surface area contributed by atoms with Crippen LogP contribution in [0.25, 0.3) is 0 Å². The van der Waals surface area contributed by atoms with Gasteiger partial charge in [0.15, 0.2) is 11.5 Å². The molecule has 1 heterocycles. The van der Waals surface area contributed by atoms with Crippen molar-refractivity contribution in [1.29, 1.82) is 0 Å². The minimum absolute atomic E-state index is 0.00500. The Bertz CT molecular complexity index is 1000. The summed E-state index contributed by atoms with van der Waals surface area (Å²) >= 11 is 0. The van der Waals surface area contributed by atoms with Crippen LogP contribution >= 0.6 is 0 Å². The number of hydrogen-bond donors (Lipinski definition) is 1. The molecule has 0 atom stereocenters. The van der Waals surface area contributed by atoms with Crippen molar-refractivity contribution in [3.8, 4) is 11.5 Å². The highest BCUT2D eigenvalue weighted by Gasteiger charge is 2.38. The second-order valence-corrected chi connectivity index (χ2v) is 9.11. The average molecular weight is 416 g/mol. The molecular formula is C21H24N2O5S. The summed E-state index contributed by atoms with van der Waals surface area (Å²) in [6, 6.07) is 11.8. The fraction of sp³-hybridized carbons (Fsp3) is 0.381. The van der Waals surface area contributed by atoms with Crippen LogP contribution in [0.4, 0.5) is 0 Å². The normalized spacial score (nSPS) is 16.3. The molecule has 1 saturated carbocycles. The van der Waals surface area contributed by atoms with E-state index >= 15 is 0 Å². The van der Waals surface area contributed by atoms with Crippen molar-refractivity contribution in [2.24, 2.45) is 0 Å². The lowest BCUT2D eigenvalue weighted by Crippen LogP contribution is -2.32. The highest BCUT2D eigenvalue weighted by Crippen LogP contribution is 2.37. The summed E-state index contributed by atoms with van der Waals surface area (Å²) in [7, 11) is -2.12. The van der Waals surface area contributed by atoms with Crippen molar-refractivity contribution in [2.75, 3.05) is 20.3 Å². The van der Waals surface area contributed by atoms with Gasteiger partial charge in [0.2, 0.25) is 10.0 Å². The molecule has 1 aliphatic heterocycles. The summed E-state index contributed by atoms with van der Waals surface area (Å²) in [5.74, 6) is 0.869. The Morgan fingerprint density at radius 1 is 1.07 bits per heavy atom. The molecule has 8 heteroatoms. The highest BCUT2D eigenvalue weighted by atomic mass is 32.2. The molecule has 4 rings (SSSR count). The summed E-state index contributed by atoms with van der Waals surface area (Å²) in [6.45, 7) is 1.31. The summed E-state index contributed by atoms with van der Waals surface area (Å²) in [5.41, 5.74) is 1.38. The van der Waals surface area contributed by atoms with E-state index in [1.807, 2.05) is 0 Å². The van der Waals surface area contributed by atoms with Gasteiger partial charge in [-0.05, 0) is 42.7 Å². The van der Waals surface area contributed by atoms with E-state index in [4.69, 9.17) is 9.47 Å². The third-order valence-corrected chi connectivity index (χ3v) is 6.96. The van der Waals surface area contributed by atoms with Gasteiger partial charge in [-0.3, -0.25) is 4.79 Å². The first-order valence-corrected chi connectivity index (χ1v) is 11.2. The van der Waals surface area contributed by atoms with Crippen molar-refractivity contribution >= 4 is 15.9 Å². The number of sulfonamides is 1. The Hall–Kier alpha value is -2.58. The van der Waals surface area contributed by atoms with Crippen molar-refractivity contribution in [1.82, 2.24) is 9.62 Å². The molecule has 1 fully saturated rings. The lowest BCUT2D eigenvalue weighted by Gasteiger charge is -2.22. The first-order valence-electron chi connectivity index (χ1n) is 9.71. The van der Waals surface area contributed by atoms with Gasteiger partial charge in [-0.15, -0.1) is 0 Å². The second kappa shape index (κ2) is 8.04. The van der Waals surface area contributed by atoms with Gasteiger partial charge in [0.1, 0.15) is 0 Å². The Labute approximate surface area is 170 Å². The number of amides is 1. The molecule has 2 aromatic rings. The number of nitrogens with zero attached hydrogens (tertiary/aromatic N) is 1. The quantitative estimate of drug-likeness (QED) is 0.782. The maximum Gasteiger partial charge on any atom is 0.251 e. The smallest absolute Gasteiger partial charge is 0.251 e. The minimum Gasteiger partial charge on any atom is -0.490 e. The molecular weight excluding hydrogens is 392 g/mol. The van der Waals surface area contributed by atoms with Gasteiger partial charge in [-0.25, -0.2) is 8.42 Å². The molecule has 0 radical (unpaired) electrons. The van der Waals surface area contributed by atoms with Crippen LogP contribution in [-0.4, -0.2) is 44.9 Å². The molecule has 29 heavy (non-hydrogen) atoms. The molecule has 154 valence electrons. The molecule has 2 aromatic carbocycles. The van der Waals surface area contributed by atoms with E-state index in [0.29, 0.717) is 30.3 Å². The number of fused-ring (bicyclic) bond motifs is 1. The second-order valence-electron chi connectivity index (χ2n) is 7.22. The number of benzene rings is 2. The number of ether oxygens (including phenoxy) is 2. The van der Waals surface area contributed by atoms with E-state index in [1.54, 1.807) is 53.8 Å². The topological polar surface area (TPSA) is 84.9 Å². The predicted molar refractivity (Wildman–Crippen MR) is 108 cm³/mol. The fourth-order valence-corrected chi connectivity index (χ4v) is 4.99. The van der Waals surface area contributed by atoms with Crippen molar-refractivity contribution in [2.45, 2.75) is 36.7 Å². The summed E-state index contributed by atoms with van der Waals surface area (Å²) in [4.78, 5) is 11.9. The van der Waals surface area contributed by atoms with Crippen LogP contribution in [0.5, 0.6) is 11.5 Å². The zero-order valence-electron chi connectivity index (χ0n) is 16.3. The van der Waals surface area contributed by atoms with Crippen LogP contribution in [0.1, 0.15) is 35.2 Å². The summed E-state index contributed by atoms with van der Waals surface area (Å²) in [6.07, 6.45) is 2.46. The molecule has 0 bridgehead atoms. The van der Waals surface area contributed by atoms with Crippen LogP contribution in [-0.2, 0) is 16.6 Å². The van der Waals surface area contributed by atoms with E-state index in [9.17, 15) is 13.2 Å². The van der Waals surface area contributed by atoms with Gasteiger partial charge in [0.25, 0.3) is 5.91 Å². The number of carbonyl (C=O) groups is 1. The molecule has 0 aromatic heterocycles. The number of rotatable bonds is 6. The number of hydrogen-bond acceptors (Lipinski definition) is 5. The fourth-order valence-electron chi connectivity index (χ4n) is 3.30. The Balaban J connectivity index is 1.59. The predicted octanol–water partition coefficient (Wildman–Crippen LogP) is 2.56. The van der Waals surface area contributed by atoms with Gasteiger partial charge < -0.3 is 14.8 Å². The van der Waals surface area contributed by atoms with Crippen LogP contribution < -0.4 is 14.8 Å². The van der Waals surface area contributed by atoms with E-state index in [2.05, 4.69) is 5.32 Å². The molecule has 0 spiro atoms. The Morgan fingerprint density at radius 3 is 2.41 bits per heavy atom. The minimum atomic E-state index is -3.69. The summed E-state index contributed by atoms with van der Waals surface area (Å²) in [5, 5.41) is 2.58. The third-order valence-electron chi connectivity index (χ3n) is 5.06. The van der Waals surface area contributed by atoms with Crippen molar-refractivity contribution < 1.29 is 22.7 Å². The van der Waals surface area contributed by atoms with Crippen LogP contribution in [0.2, 0.25) is 0 Å². The van der Waals surface area contributed by atoms with Gasteiger partial charge in [0.05, 0.1) is 18.1 Å². The zero-order valence-corrected chi connectivity index (χ0v) is 17.1. The standard InChI is InChI=1S/C21H24N2O5S/c1-22-21(24)16-5-3-15(4-6-16)14-23(17-7-8-17)29(25,26)18-9-10-19-20(13-18)28-12-2-11-27-19/h3-6,9-10,13,17H,2,7-8,11-12,14H2,1H3,(H,22,24). The zero-order chi connectivity index (χ0) is 20.4. The highest BCUT2D eigenvalue weighted by molar-refractivity contribution is 7.89. The molecule has 0 unspecified atom stereocenters. The van der Waals surface area contributed by atoms with Crippen molar-refractivity contribution in [3.05, 3.63) is 53.6 Å². The number of nitrogens with one attached hydrogen (secondary N) is 1. The largest absolute Gasteiger partial charge is 0.490 e. The van der Waals surface area contributed by atoms with Crippen LogP contribution in [0.15, 0.2) is 47.4 Å². The Kier molecular flexibility index (Phi) is 5.47. The Morgan fingerprint density at radius 2 is 1.76 bits per heavy atom. The van der Waals surface area contributed by atoms with Crippen LogP contribution in [0, 0.1) is 0 Å². The van der Waals surface area contributed by atoms with Crippen LogP contribution in [0.3, 0.4) is 0 Å². The first kappa shape index (κ1) is 19.7. The lowest BCUT2D eigenvalue weighted by atomic mass is 10.1. The maximum absolute atomic E-state index is 13.4. The van der Waals surface area contributed by atoms with Gasteiger partial charge in [-0.2, -0.15) is 4.31 Å². The molecule has 0 saturated heterocycles. The molecule has 2 aliphatic rings. The lowest BCUT2D eigenvalue weighted by molar-refractivity contribution is 0.0963. The van der Waals surface area contributed by atoms with E-state index < -0.39 is 10.0 Å². The molecule has 1 N–H and O–H groups in total. The average Bonchev–Trinajstić information content (AvgIpc) is 3.58. The maximum atomic E-state index is 13.4. The van der Waals surface area contributed by atoms with E-state index in [1.165, 1.54) is 0 Å². The van der Waals surface area contributed by atoms with E-state index in [-0.39, 0.29) is 23.4 Å². The monoisotopic (exact) mass is 416 g/mol. The first-order chi connectivity index (χ1) is 14.0. The molecule has 1 aliphatic carbocycles. The van der Waals surface area contributed by atoms with E-state index in [0.717, 1.165) is 24.8 Å². The van der Waals surface area contributed by atoms with Gasteiger partial charge in [-0.1, -0.05) is 12.1 Å². The van der Waals surface area contributed by atoms with Crippen molar-refractivity contribution in [3.63, 3.8) is 0 Å². The molecule has 7 nitrogen and oxygen atoms in total. The van der Waals surface area contributed by atoms with Gasteiger partial charge >= 0.3 is 0 Å². The third kappa shape index (κ3) is 4.23. The SMILES string of the molecule is CNC(=O)c1ccc(CN(C2CC2)S(=O)(=O)c2ccc3c(c2)OCCCO3)cc1. The van der Waals surface area contributed by atoms with Gasteiger partial charge in [0, 0.05) is 37.7 Å². The number of carbonyl (C=O) groups excluding carboxylic acids is 1. The molecule has 1 amide bonds. The summed E-state index contributed by atoms with van der Waals surface area (Å²) < 4.78 is 39.6.